The minimum absolute atomic E-state index is 0.638. The Morgan fingerprint density at radius 3 is 1.51 bits per heavy atom. The molecule has 0 bridgehead atoms. The SMILES string of the molecule is c1ccc(-c2nc(-c3ccccc3)nc(-c3cccc(-n4c5ccccc5c5cccc(-c6ccccc6)c54)c3)n2)cc1. The molecule has 0 unspecified atom stereocenters. The van der Waals surface area contributed by atoms with Gasteiger partial charge in [0.15, 0.2) is 17.5 Å². The first kappa shape index (κ1) is 24.9. The third-order valence-corrected chi connectivity index (χ3v) is 7.84. The molecule has 0 aliphatic rings. The lowest BCUT2D eigenvalue weighted by molar-refractivity contribution is 1.07. The van der Waals surface area contributed by atoms with Gasteiger partial charge in [0.2, 0.25) is 0 Å². The van der Waals surface area contributed by atoms with Crippen molar-refractivity contribution in [1.82, 2.24) is 19.5 Å². The predicted octanol–water partition coefficient (Wildman–Crippen LogP) is 9.64. The molecule has 202 valence electrons. The average molecular weight is 551 g/mol. The Morgan fingerprint density at radius 2 is 0.860 bits per heavy atom. The second kappa shape index (κ2) is 10.5. The van der Waals surface area contributed by atoms with Crippen molar-refractivity contribution in [1.29, 1.82) is 0 Å². The molecule has 43 heavy (non-hydrogen) atoms. The van der Waals surface area contributed by atoms with Crippen LogP contribution < -0.4 is 0 Å². The molecule has 4 nitrogen and oxygen atoms in total. The second-order valence-electron chi connectivity index (χ2n) is 10.5. The van der Waals surface area contributed by atoms with Gasteiger partial charge in [0.05, 0.1) is 11.0 Å². The van der Waals surface area contributed by atoms with E-state index in [1.54, 1.807) is 0 Å². The van der Waals surface area contributed by atoms with Gasteiger partial charge in [-0.05, 0) is 23.8 Å². The van der Waals surface area contributed by atoms with Gasteiger partial charge in [-0.3, -0.25) is 0 Å². The van der Waals surface area contributed by atoms with Crippen molar-refractivity contribution in [3.63, 3.8) is 0 Å². The lowest BCUT2D eigenvalue weighted by Crippen LogP contribution is -2.01. The van der Waals surface area contributed by atoms with E-state index in [1.165, 1.54) is 27.4 Å². The van der Waals surface area contributed by atoms with E-state index in [4.69, 9.17) is 15.0 Å². The van der Waals surface area contributed by atoms with Gasteiger partial charge in [-0.25, -0.2) is 15.0 Å². The molecule has 0 spiro atoms. The van der Waals surface area contributed by atoms with Crippen LogP contribution in [0, 0.1) is 0 Å². The van der Waals surface area contributed by atoms with Crippen molar-refractivity contribution >= 4 is 21.8 Å². The van der Waals surface area contributed by atoms with Crippen molar-refractivity contribution < 1.29 is 0 Å². The van der Waals surface area contributed by atoms with E-state index in [9.17, 15) is 0 Å². The fourth-order valence-electron chi connectivity index (χ4n) is 5.86. The summed E-state index contributed by atoms with van der Waals surface area (Å²) in [6.07, 6.45) is 0. The molecule has 2 heterocycles. The van der Waals surface area contributed by atoms with Gasteiger partial charge in [-0.1, -0.05) is 140 Å². The maximum Gasteiger partial charge on any atom is 0.164 e. The lowest BCUT2D eigenvalue weighted by atomic mass is 10.0. The number of hydrogen-bond acceptors (Lipinski definition) is 3. The van der Waals surface area contributed by atoms with Gasteiger partial charge < -0.3 is 4.57 Å². The van der Waals surface area contributed by atoms with E-state index >= 15 is 0 Å². The van der Waals surface area contributed by atoms with Gasteiger partial charge in [-0.15, -0.1) is 0 Å². The summed E-state index contributed by atoms with van der Waals surface area (Å²) < 4.78 is 2.37. The molecule has 4 heteroatoms. The number of hydrogen-bond donors (Lipinski definition) is 0. The molecule has 0 atom stereocenters. The molecule has 0 radical (unpaired) electrons. The molecule has 6 aromatic carbocycles. The predicted molar refractivity (Wildman–Crippen MR) is 176 cm³/mol. The minimum atomic E-state index is 0.638. The van der Waals surface area contributed by atoms with Gasteiger partial charge in [0.1, 0.15) is 0 Å². The highest BCUT2D eigenvalue weighted by molar-refractivity contribution is 6.13. The Hall–Kier alpha value is -5.87. The van der Waals surface area contributed by atoms with E-state index in [1.807, 2.05) is 60.7 Å². The Balaban J connectivity index is 1.36. The molecule has 0 amide bonds. The molecule has 0 aliphatic carbocycles. The quantitative estimate of drug-likeness (QED) is 0.214. The average Bonchev–Trinajstić information content (AvgIpc) is 3.44. The fourth-order valence-corrected chi connectivity index (χ4v) is 5.86. The van der Waals surface area contributed by atoms with Gasteiger partial charge in [0, 0.05) is 38.7 Å². The summed E-state index contributed by atoms with van der Waals surface area (Å²) in [5.74, 6) is 1.94. The molecular weight excluding hydrogens is 524 g/mol. The van der Waals surface area contributed by atoms with E-state index in [2.05, 4.69) is 102 Å². The number of fused-ring (bicyclic) bond motifs is 3. The van der Waals surface area contributed by atoms with Gasteiger partial charge >= 0.3 is 0 Å². The third kappa shape index (κ3) is 4.46. The highest BCUT2D eigenvalue weighted by Gasteiger charge is 2.18. The van der Waals surface area contributed by atoms with E-state index in [0.29, 0.717) is 17.5 Å². The molecular formula is C39H26N4. The number of benzene rings is 6. The van der Waals surface area contributed by atoms with Crippen LogP contribution in [0.5, 0.6) is 0 Å². The second-order valence-corrected chi connectivity index (χ2v) is 10.5. The molecule has 0 N–H and O–H groups in total. The molecule has 0 saturated carbocycles. The van der Waals surface area contributed by atoms with Crippen molar-refractivity contribution in [3.8, 4) is 51.0 Å². The van der Waals surface area contributed by atoms with Crippen molar-refractivity contribution in [2.24, 2.45) is 0 Å². The minimum Gasteiger partial charge on any atom is -0.309 e. The van der Waals surface area contributed by atoms with Crippen LogP contribution in [0.25, 0.3) is 72.8 Å². The van der Waals surface area contributed by atoms with Crippen LogP contribution in [0.3, 0.4) is 0 Å². The van der Waals surface area contributed by atoms with Crippen LogP contribution in [-0.4, -0.2) is 19.5 Å². The number of aromatic nitrogens is 4. The zero-order chi connectivity index (χ0) is 28.6. The fraction of sp³-hybridized carbons (Fsp3) is 0. The zero-order valence-electron chi connectivity index (χ0n) is 23.3. The Bertz CT molecular complexity index is 2160. The van der Waals surface area contributed by atoms with Crippen LogP contribution in [0.2, 0.25) is 0 Å². The molecule has 0 fully saturated rings. The highest BCUT2D eigenvalue weighted by atomic mass is 15.0. The smallest absolute Gasteiger partial charge is 0.164 e. The first-order valence-electron chi connectivity index (χ1n) is 14.4. The van der Waals surface area contributed by atoms with E-state index in [0.717, 1.165) is 27.9 Å². The maximum atomic E-state index is 4.98. The molecule has 8 aromatic rings. The first-order valence-corrected chi connectivity index (χ1v) is 14.4. The zero-order valence-corrected chi connectivity index (χ0v) is 23.3. The van der Waals surface area contributed by atoms with Crippen LogP contribution in [-0.2, 0) is 0 Å². The Kier molecular flexibility index (Phi) is 6.08. The van der Waals surface area contributed by atoms with Gasteiger partial charge in [0.25, 0.3) is 0 Å². The van der Waals surface area contributed by atoms with Gasteiger partial charge in [-0.2, -0.15) is 0 Å². The van der Waals surface area contributed by atoms with Crippen LogP contribution >= 0.6 is 0 Å². The summed E-state index contributed by atoms with van der Waals surface area (Å²) in [4.78, 5) is 14.8. The number of para-hydroxylation sites is 2. The Morgan fingerprint density at radius 1 is 0.372 bits per heavy atom. The topological polar surface area (TPSA) is 43.6 Å². The third-order valence-electron chi connectivity index (χ3n) is 7.84. The molecule has 0 saturated heterocycles. The molecule has 2 aromatic heterocycles. The van der Waals surface area contributed by atoms with Crippen molar-refractivity contribution in [2.45, 2.75) is 0 Å². The summed E-state index contributed by atoms with van der Waals surface area (Å²) in [6.45, 7) is 0. The number of nitrogens with zero attached hydrogens (tertiary/aromatic N) is 4. The van der Waals surface area contributed by atoms with Crippen molar-refractivity contribution in [3.05, 3.63) is 158 Å². The monoisotopic (exact) mass is 550 g/mol. The first-order chi connectivity index (χ1) is 21.3. The summed E-state index contributed by atoms with van der Waals surface area (Å²) in [5.41, 5.74) is 8.60. The van der Waals surface area contributed by atoms with Crippen molar-refractivity contribution in [2.75, 3.05) is 0 Å². The largest absolute Gasteiger partial charge is 0.309 e. The molecule has 8 rings (SSSR count). The highest BCUT2D eigenvalue weighted by Crippen LogP contribution is 2.38. The van der Waals surface area contributed by atoms with Crippen LogP contribution in [0.1, 0.15) is 0 Å². The Labute approximate surface area is 249 Å². The van der Waals surface area contributed by atoms with Crippen LogP contribution in [0.15, 0.2) is 158 Å². The summed E-state index contributed by atoms with van der Waals surface area (Å²) in [6, 6.07) is 54.5. The molecule has 0 aliphatic heterocycles. The summed E-state index contributed by atoms with van der Waals surface area (Å²) in [5, 5.41) is 2.44. The normalized spacial score (nSPS) is 11.3. The standard InChI is InChI=1S/C39H26N4/c1-4-14-27(15-5-1)32-23-13-24-34-33-22-10-11-25-35(33)43(36(32)34)31-21-12-20-30(26-31)39-41-37(28-16-6-2-7-17-28)40-38(42-39)29-18-8-3-9-19-29/h1-26H. The lowest BCUT2D eigenvalue weighted by Gasteiger charge is -2.13. The van der Waals surface area contributed by atoms with E-state index < -0.39 is 0 Å². The van der Waals surface area contributed by atoms with Crippen LogP contribution in [0.4, 0.5) is 0 Å². The van der Waals surface area contributed by atoms with E-state index in [-0.39, 0.29) is 0 Å². The summed E-state index contributed by atoms with van der Waals surface area (Å²) in [7, 11) is 0. The summed E-state index contributed by atoms with van der Waals surface area (Å²) >= 11 is 0. The number of rotatable bonds is 5. The maximum absolute atomic E-state index is 4.98.